The van der Waals surface area contributed by atoms with E-state index in [0.29, 0.717) is 39.9 Å². The molecule has 1 heterocycles. The van der Waals surface area contributed by atoms with Crippen LogP contribution in [0.25, 0.3) is 5.57 Å². The molecule has 0 aromatic heterocycles. The molecule has 1 N–H and O–H groups in total. The average Bonchev–Trinajstić information content (AvgIpc) is 3.08. The number of anilines is 2. The summed E-state index contributed by atoms with van der Waals surface area (Å²) in [6, 6.07) is 21.9. The van der Waals surface area contributed by atoms with Gasteiger partial charge in [-0.3, -0.25) is 9.59 Å². The lowest BCUT2D eigenvalue weighted by molar-refractivity contribution is -0.120. The van der Waals surface area contributed by atoms with Gasteiger partial charge in [-0.2, -0.15) is 0 Å². The van der Waals surface area contributed by atoms with Crippen molar-refractivity contribution < 1.29 is 19.1 Å². The molecule has 6 heteroatoms. The molecule has 1 aliphatic rings. The van der Waals surface area contributed by atoms with Gasteiger partial charge in [-0.25, -0.2) is 4.90 Å². The van der Waals surface area contributed by atoms with Crippen LogP contribution in [-0.4, -0.2) is 26.0 Å². The Balaban J connectivity index is 1.78. The van der Waals surface area contributed by atoms with Gasteiger partial charge in [-0.15, -0.1) is 0 Å². The minimum Gasteiger partial charge on any atom is -0.497 e. The Morgan fingerprint density at radius 3 is 1.94 bits per heavy atom. The monoisotopic (exact) mass is 442 g/mol. The smallest absolute Gasteiger partial charge is 0.282 e. The van der Waals surface area contributed by atoms with Gasteiger partial charge in [0.1, 0.15) is 17.2 Å². The van der Waals surface area contributed by atoms with Crippen molar-refractivity contribution in [1.29, 1.82) is 0 Å². The van der Waals surface area contributed by atoms with Crippen molar-refractivity contribution in [2.24, 2.45) is 0 Å². The van der Waals surface area contributed by atoms with Crippen LogP contribution >= 0.6 is 0 Å². The lowest BCUT2D eigenvalue weighted by Gasteiger charge is -2.17. The van der Waals surface area contributed by atoms with E-state index in [9.17, 15) is 9.59 Å². The van der Waals surface area contributed by atoms with Crippen molar-refractivity contribution in [2.45, 2.75) is 19.8 Å². The number of methoxy groups -OCH3 is 2. The molecule has 0 aliphatic carbocycles. The van der Waals surface area contributed by atoms with Gasteiger partial charge in [-0.1, -0.05) is 56.3 Å². The van der Waals surface area contributed by atoms with Crippen molar-refractivity contribution in [2.75, 3.05) is 24.4 Å². The number of nitrogens with one attached hydrogen (secondary N) is 1. The van der Waals surface area contributed by atoms with E-state index < -0.39 is 5.91 Å². The number of amides is 2. The zero-order valence-corrected chi connectivity index (χ0v) is 19.1. The van der Waals surface area contributed by atoms with E-state index in [4.69, 9.17) is 9.47 Å². The third-order valence-corrected chi connectivity index (χ3v) is 5.59. The van der Waals surface area contributed by atoms with Crippen molar-refractivity contribution in [1.82, 2.24) is 0 Å². The van der Waals surface area contributed by atoms with Crippen LogP contribution in [0.15, 0.2) is 78.5 Å². The molecule has 4 rings (SSSR count). The molecule has 0 bridgehead atoms. The summed E-state index contributed by atoms with van der Waals surface area (Å²) in [6.45, 7) is 4.20. The SMILES string of the molecule is COc1cc(NC2=C(c3ccccc3)C(=O)N(c3ccc(C(C)C)cc3)C2=O)cc(OC)c1. The van der Waals surface area contributed by atoms with Crippen LogP contribution in [0.1, 0.15) is 30.9 Å². The second-order valence-electron chi connectivity index (χ2n) is 8.03. The third-order valence-electron chi connectivity index (χ3n) is 5.59. The highest BCUT2D eigenvalue weighted by Gasteiger charge is 2.40. The Hall–Kier alpha value is -4.06. The van der Waals surface area contributed by atoms with Crippen molar-refractivity contribution in [3.63, 3.8) is 0 Å². The Bertz CT molecular complexity index is 1190. The minimum atomic E-state index is -0.419. The molecule has 0 spiro atoms. The summed E-state index contributed by atoms with van der Waals surface area (Å²) in [7, 11) is 3.11. The summed E-state index contributed by atoms with van der Waals surface area (Å²) in [5, 5.41) is 3.16. The maximum atomic E-state index is 13.6. The molecule has 0 atom stereocenters. The van der Waals surface area contributed by atoms with E-state index in [0.717, 1.165) is 5.56 Å². The van der Waals surface area contributed by atoms with Crippen LogP contribution in [0.3, 0.4) is 0 Å². The fourth-order valence-electron chi connectivity index (χ4n) is 3.79. The fourth-order valence-corrected chi connectivity index (χ4v) is 3.79. The van der Waals surface area contributed by atoms with Crippen molar-refractivity contribution in [3.8, 4) is 11.5 Å². The zero-order chi connectivity index (χ0) is 23.5. The summed E-state index contributed by atoms with van der Waals surface area (Å²) < 4.78 is 10.7. The zero-order valence-electron chi connectivity index (χ0n) is 19.1. The number of hydrogen-bond donors (Lipinski definition) is 1. The lowest BCUT2D eigenvalue weighted by atomic mass is 10.0. The molecule has 168 valence electrons. The van der Waals surface area contributed by atoms with Crippen LogP contribution < -0.4 is 19.7 Å². The minimum absolute atomic E-state index is 0.203. The van der Waals surface area contributed by atoms with Crippen LogP contribution in [0.2, 0.25) is 0 Å². The number of ether oxygens (including phenoxy) is 2. The van der Waals surface area contributed by atoms with Crippen LogP contribution in [0, 0.1) is 0 Å². The molecular weight excluding hydrogens is 416 g/mol. The molecule has 0 fully saturated rings. The van der Waals surface area contributed by atoms with Gasteiger partial charge in [0.25, 0.3) is 11.8 Å². The molecule has 0 unspecified atom stereocenters. The Morgan fingerprint density at radius 2 is 1.39 bits per heavy atom. The number of carbonyl (C=O) groups is 2. The first-order chi connectivity index (χ1) is 15.9. The van der Waals surface area contributed by atoms with Crippen molar-refractivity contribution in [3.05, 3.63) is 89.6 Å². The molecule has 0 saturated carbocycles. The average molecular weight is 443 g/mol. The molecule has 1 aliphatic heterocycles. The molecule has 2 amide bonds. The number of imide groups is 1. The van der Waals surface area contributed by atoms with Gasteiger partial charge in [0.05, 0.1) is 25.5 Å². The first kappa shape index (κ1) is 22.1. The summed E-state index contributed by atoms with van der Waals surface area (Å²) >= 11 is 0. The molecule has 3 aromatic carbocycles. The predicted molar refractivity (Wildman–Crippen MR) is 130 cm³/mol. The number of rotatable bonds is 7. The van der Waals surface area contributed by atoms with Gasteiger partial charge >= 0.3 is 0 Å². The van der Waals surface area contributed by atoms with Crippen molar-refractivity contribution >= 4 is 28.8 Å². The molecule has 0 radical (unpaired) electrons. The van der Waals surface area contributed by atoms with Gasteiger partial charge in [0.2, 0.25) is 0 Å². The molecule has 0 saturated heterocycles. The quantitative estimate of drug-likeness (QED) is 0.508. The largest absolute Gasteiger partial charge is 0.497 e. The highest BCUT2D eigenvalue weighted by Crippen LogP contribution is 2.35. The summed E-state index contributed by atoms with van der Waals surface area (Å²) in [5.74, 6) is 0.689. The Labute approximate surface area is 193 Å². The highest BCUT2D eigenvalue weighted by molar-refractivity contribution is 6.46. The van der Waals surface area contributed by atoms with Gasteiger partial charge in [-0.05, 0) is 29.2 Å². The topological polar surface area (TPSA) is 67.9 Å². The summed E-state index contributed by atoms with van der Waals surface area (Å²) in [6.07, 6.45) is 0. The molecule has 3 aromatic rings. The molecule has 33 heavy (non-hydrogen) atoms. The number of nitrogens with zero attached hydrogens (tertiary/aromatic N) is 1. The van der Waals surface area contributed by atoms with E-state index in [1.807, 2.05) is 54.6 Å². The number of hydrogen-bond acceptors (Lipinski definition) is 5. The highest BCUT2D eigenvalue weighted by atomic mass is 16.5. The molecular formula is C27H26N2O4. The van der Waals surface area contributed by atoms with E-state index in [1.165, 1.54) is 4.90 Å². The van der Waals surface area contributed by atoms with E-state index in [1.54, 1.807) is 32.4 Å². The standard InChI is InChI=1S/C27H26N2O4/c1-17(2)18-10-12-21(13-11-18)29-26(30)24(19-8-6-5-7-9-19)25(27(29)31)28-20-14-22(32-3)16-23(15-20)33-4/h5-17,28H,1-4H3. The lowest BCUT2D eigenvalue weighted by Crippen LogP contribution is -2.32. The van der Waals surface area contributed by atoms with Crippen LogP contribution in [0.5, 0.6) is 11.5 Å². The second-order valence-corrected chi connectivity index (χ2v) is 8.03. The predicted octanol–water partition coefficient (Wildman–Crippen LogP) is 5.22. The Morgan fingerprint density at radius 1 is 0.788 bits per heavy atom. The van der Waals surface area contributed by atoms with E-state index >= 15 is 0 Å². The maximum Gasteiger partial charge on any atom is 0.282 e. The number of benzene rings is 3. The second kappa shape index (κ2) is 9.20. The fraction of sp³-hybridized carbons (Fsp3) is 0.185. The normalized spacial score (nSPS) is 13.7. The Kier molecular flexibility index (Phi) is 6.18. The van der Waals surface area contributed by atoms with Gasteiger partial charge < -0.3 is 14.8 Å². The third kappa shape index (κ3) is 4.32. The maximum absolute atomic E-state index is 13.6. The van der Waals surface area contributed by atoms with E-state index in [2.05, 4.69) is 19.2 Å². The first-order valence-electron chi connectivity index (χ1n) is 10.7. The summed E-state index contributed by atoms with van der Waals surface area (Å²) in [5.41, 5.74) is 3.42. The van der Waals surface area contributed by atoms with Gasteiger partial charge in [0.15, 0.2) is 0 Å². The van der Waals surface area contributed by atoms with Gasteiger partial charge in [0, 0.05) is 23.9 Å². The van der Waals surface area contributed by atoms with E-state index in [-0.39, 0.29) is 11.6 Å². The van der Waals surface area contributed by atoms with Crippen LogP contribution in [0.4, 0.5) is 11.4 Å². The summed E-state index contributed by atoms with van der Waals surface area (Å²) in [4.78, 5) is 28.3. The molecule has 6 nitrogen and oxygen atoms in total. The number of carbonyl (C=O) groups excluding carboxylic acids is 2. The van der Waals surface area contributed by atoms with Crippen LogP contribution in [-0.2, 0) is 9.59 Å². The first-order valence-corrected chi connectivity index (χ1v) is 10.7.